The zero-order valence-electron chi connectivity index (χ0n) is 12.7. The van der Waals surface area contributed by atoms with E-state index in [4.69, 9.17) is 11.6 Å². The largest absolute Gasteiger partial charge is 0.311 e. The van der Waals surface area contributed by atoms with Crippen LogP contribution in [-0.2, 0) is 6.54 Å². The lowest BCUT2D eigenvalue weighted by molar-refractivity contribution is 0.0474. The van der Waals surface area contributed by atoms with Crippen LogP contribution in [0.3, 0.4) is 0 Å². The molecular formula is C16H24ClFN2. The van der Waals surface area contributed by atoms with Gasteiger partial charge < -0.3 is 5.32 Å². The smallest absolute Gasteiger partial charge is 0.141 e. The first-order valence-corrected chi connectivity index (χ1v) is 7.60. The molecule has 1 unspecified atom stereocenters. The van der Waals surface area contributed by atoms with Crippen LogP contribution >= 0.6 is 11.6 Å². The van der Waals surface area contributed by atoms with Crippen LogP contribution in [0.5, 0.6) is 0 Å². The van der Waals surface area contributed by atoms with E-state index in [9.17, 15) is 4.39 Å². The maximum atomic E-state index is 13.2. The fraction of sp³-hybridized carbons (Fsp3) is 0.625. The zero-order chi connectivity index (χ0) is 14.9. The van der Waals surface area contributed by atoms with E-state index in [1.54, 1.807) is 6.07 Å². The molecule has 1 aromatic rings. The highest BCUT2D eigenvalue weighted by molar-refractivity contribution is 6.30. The Bertz CT molecular complexity index is 474. The third-order valence-electron chi connectivity index (χ3n) is 4.23. The van der Waals surface area contributed by atoms with Crippen LogP contribution in [0.2, 0.25) is 5.02 Å². The van der Waals surface area contributed by atoms with Crippen molar-refractivity contribution in [2.75, 3.05) is 13.1 Å². The summed E-state index contributed by atoms with van der Waals surface area (Å²) in [6, 6.07) is 5.51. The van der Waals surface area contributed by atoms with Crippen molar-refractivity contribution < 1.29 is 4.39 Å². The molecule has 1 saturated heterocycles. The molecule has 1 aliphatic rings. The quantitative estimate of drug-likeness (QED) is 0.915. The predicted octanol–water partition coefficient (Wildman–Crippen LogP) is 3.69. The first-order chi connectivity index (χ1) is 9.29. The Morgan fingerprint density at radius 3 is 2.75 bits per heavy atom. The summed E-state index contributed by atoms with van der Waals surface area (Å²) in [5, 5.41) is 3.82. The Labute approximate surface area is 126 Å². The van der Waals surface area contributed by atoms with Crippen molar-refractivity contribution in [3.8, 4) is 0 Å². The van der Waals surface area contributed by atoms with Crippen LogP contribution in [0, 0.1) is 11.7 Å². The molecule has 20 heavy (non-hydrogen) atoms. The molecule has 1 atom stereocenters. The Hall–Kier alpha value is -0.640. The third kappa shape index (κ3) is 3.51. The summed E-state index contributed by atoms with van der Waals surface area (Å²) in [5.74, 6) is 0.250. The van der Waals surface area contributed by atoms with Gasteiger partial charge >= 0.3 is 0 Å². The van der Waals surface area contributed by atoms with E-state index in [0.717, 1.165) is 25.2 Å². The van der Waals surface area contributed by atoms with Gasteiger partial charge in [-0.3, -0.25) is 4.90 Å². The Balaban J connectivity index is 2.13. The number of nitrogens with one attached hydrogen (secondary N) is 1. The molecule has 0 aliphatic carbocycles. The molecule has 1 aliphatic heterocycles. The molecule has 1 aromatic carbocycles. The average Bonchev–Trinajstić information content (AvgIpc) is 2.36. The fourth-order valence-corrected chi connectivity index (χ4v) is 2.83. The highest BCUT2D eigenvalue weighted by atomic mass is 35.5. The summed E-state index contributed by atoms with van der Waals surface area (Å²) in [6.45, 7) is 11.7. The van der Waals surface area contributed by atoms with Crippen LogP contribution in [-0.4, -0.2) is 29.6 Å². The normalized spacial score (nSPS) is 23.2. The predicted molar refractivity (Wildman–Crippen MR) is 82.5 cm³/mol. The molecular weight excluding hydrogens is 275 g/mol. The van der Waals surface area contributed by atoms with Gasteiger partial charge in [-0.2, -0.15) is 0 Å². The van der Waals surface area contributed by atoms with Crippen molar-refractivity contribution in [1.29, 1.82) is 0 Å². The molecule has 4 heteroatoms. The molecule has 2 nitrogen and oxygen atoms in total. The minimum Gasteiger partial charge on any atom is -0.311 e. The Morgan fingerprint density at radius 2 is 2.15 bits per heavy atom. The summed E-state index contributed by atoms with van der Waals surface area (Å²) in [7, 11) is 0. The lowest BCUT2D eigenvalue weighted by atomic mass is 9.92. The van der Waals surface area contributed by atoms with Crippen molar-refractivity contribution >= 4 is 11.6 Å². The van der Waals surface area contributed by atoms with Crippen molar-refractivity contribution in [1.82, 2.24) is 10.2 Å². The van der Waals surface area contributed by atoms with Gasteiger partial charge in [0.25, 0.3) is 0 Å². The Kier molecular flexibility index (Phi) is 4.73. The van der Waals surface area contributed by atoms with E-state index in [1.165, 1.54) is 6.07 Å². The standard InChI is InChI=1S/C16H24ClFN2/c1-11(2)15-9-20(16(3,4)10-19-15)8-12-5-6-14(18)13(17)7-12/h5-7,11,15,19H,8-10H2,1-4H3. The van der Waals surface area contributed by atoms with Crippen LogP contribution < -0.4 is 5.32 Å². The van der Waals surface area contributed by atoms with Crippen LogP contribution in [0.15, 0.2) is 18.2 Å². The number of nitrogens with zero attached hydrogens (tertiary/aromatic N) is 1. The summed E-state index contributed by atoms with van der Waals surface area (Å²) < 4.78 is 13.2. The second kappa shape index (κ2) is 6.00. The molecule has 0 radical (unpaired) electrons. The van der Waals surface area contributed by atoms with Gasteiger partial charge in [0.2, 0.25) is 0 Å². The molecule has 2 rings (SSSR count). The number of halogens is 2. The Morgan fingerprint density at radius 1 is 1.45 bits per heavy atom. The molecule has 0 spiro atoms. The molecule has 1 N–H and O–H groups in total. The number of hydrogen-bond acceptors (Lipinski definition) is 2. The monoisotopic (exact) mass is 298 g/mol. The number of piperazine rings is 1. The van der Waals surface area contributed by atoms with Gasteiger partial charge in [-0.1, -0.05) is 31.5 Å². The maximum Gasteiger partial charge on any atom is 0.141 e. The first-order valence-electron chi connectivity index (χ1n) is 7.22. The average molecular weight is 299 g/mol. The fourth-order valence-electron chi connectivity index (χ4n) is 2.63. The van der Waals surface area contributed by atoms with Gasteiger partial charge in [0.1, 0.15) is 5.82 Å². The van der Waals surface area contributed by atoms with Gasteiger partial charge in [0.05, 0.1) is 5.02 Å². The maximum absolute atomic E-state index is 13.2. The number of benzene rings is 1. The second-order valence-electron chi connectivity index (χ2n) is 6.67. The molecule has 0 aromatic heterocycles. The SMILES string of the molecule is CC(C)C1CN(Cc2ccc(F)c(Cl)c2)C(C)(C)CN1. The van der Waals surface area contributed by atoms with Crippen molar-refractivity contribution in [2.45, 2.75) is 45.8 Å². The third-order valence-corrected chi connectivity index (χ3v) is 4.52. The van der Waals surface area contributed by atoms with E-state index in [-0.39, 0.29) is 16.4 Å². The highest BCUT2D eigenvalue weighted by Gasteiger charge is 2.34. The molecule has 1 fully saturated rings. The first kappa shape index (κ1) is 15.7. The highest BCUT2D eigenvalue weighted by Crippen LogP contribution is 2.25. The molecule has 1 heterocycles. The van der Waals surface area contributed by atoms with Crippen LogP contribution in [0.25, 0.3) is 0 Å². The lowest BCUT2D eigenvalue weighted by Gasteiger charge is -2.47. The van der Waals surface area contributed by atoms with Crippen molar-refractivity contribution in [3.05, 3.63) is 34.6 Å². The summed E-state index contributed by atoms with van der Waals surface area (Å²) in [5.41, 5.74) is 1.15. The van der Waals surface area contributed by atoms with Crippen LogP contribution in [0.1, 0.15) is 33.3 Å². The zero-order valence-corrected chi connectivity index (χ0v) is 13.5. The van der Waals surface area contributed by atoms with Gasteiger partial charge in [0.15, 0.2) is 0 Å². The van der Waals surface area contributed by atoms with E-state index in [0.29, 0.717) is 12.0 Å². The molecule has 0 amide bonds. The van der Waals surface area contributed by atoms with Gasteiger partial charge in [-0.15, -0.1) is 0 Å². The molecule has 0 saturated carbocycles. The van der Waals surface area contributed by atoms with E-state index in [2.05, 4.69) is 37.9 Å². The van der Waals surface area contributed by atoms with Gasteiger partial charge in [0, 0.05) is 31.2 Å². The van der Waals surface area contributed by atoms with Crippen LogP contribution in [0.4, 0.5) is 4.39 Å². The van der Waals surface area contributed by atoms with Gasteiger partial charge in [-0.25, -0.2) is 4.39 Å². The topological polar surface area (TPSA) is 15.3 Å². The number of rotatable bonds is 3. The number of hydrogen-bond donors (Lipinski definition) is 1. The summed E-state index contributed by atoms with van der Waals surface area (Å²) >= 11 is 5.88. The van der Waals surface area contributed by atoms with E-state index >= 15 is 0 Å². The second-order valence-corrected chi connectivity index (χ2v) is 7.08. The molecule has 112 valence electrons. The summed E-state index contributed by atoms with van der Waals surface area (Å²) in [4.78, 5) is 2.46. The molecule has 0 bridgehead atoms. The minimum absolute atomic E-state index is 0.0895. The lowest BCUT2D eigenvalue weighted by Crippen LogP contribution is -2.62. The van der Waals surface area contributed by atoms with Crippen molar-refractivity contribution in [2.24, 2.45) is 5.92 Å². The van der Waals surface area contributed by atoms with Crippen molar-refractivity contribution in [3.63, 3.8) is 0 Å². The minimum atomic E-state index is -0.352. The van der Waals surface area contributed by atoms with E-state index in [1.807, 2.05) is 6.07 Å². The summed E-state index contributed by atoms with van der Waals surface area (Å²) in [6.07, 6.45) is 0. The van der Waals surface area contributed by atoms with Gasteiger partial charge in [-0.05, 0) is 37.5 Å². The van der Waals surface area contributed by atoms with E-state index < -0.39 is 0 Å².